The Morgan fingerprint density at radius 1 is 1.04 bits per heavy atom. The summed E-state index contributed by atoms with van der Waals surface area (Å²) in [4.78, 5) is 2.41. The molecule has 0 radical (unpaired) electrons. The molecule has 0 N–H and O–H groups in total. The highest BCUT2D eigenvalue weighted by atomic mass is 19.1. The first kappa shape index (κ1) is 18.6. The van der Waals surface area contributed by atoms with Gasteiger partial charge >= 0.3 is 7.12 Å². The molecule has 2 aliphatic heterocycles. The third-order valence-electron chi connectivity index (χ3n) is 6.03. The monoisotopic (exact) mass is 345 g/mol. The molecule has 3 nitrogen and oxygen atoms in total. The zero-order chi connectivity index (χ0) is 18.2. The molecule has 1 unspecified atom stereocenters. The lowest BCUT2D eigenvalue weighted by Gasteiger charge is -2.34. The van der Waals surface area contributed by atoms with Gasteiger partial charge < -0.3 is 9.31 Å². The third-order valence-corrected chi connectivity index (χ3v) is 6.03. The highest BCUT2D eigenvalue weighted by molar-refractivity contribution is 6.53. The fraction of sp³-hybridized carbons (Fsp3) is 0.600. The van der Waals surface area contributed by atoms with Gasteiger partial charge in [-0.3, -0.25) is 4.90 Å². The number of rotatable bonds is 3. The summed E-state index contributed by atoms with van der Waals surface area (Å²) in [5.41, 5.74) is 0.929. The van der Waals surface area contributed by atoms with Gasteiger partial charge in [-0.2, -0.15) is 0 Å². The fourth-order valence-electron chi connectivity index (χ4n) is 3.48. The van der Waals surface area contributed by atoms with Gasteiger partial charge in [-0.05, 0) is 58.6 Å². The van der Waals surface area contributed by atoms with Gasteiger partial charge in [0, 0.05) is 19.1 Å². The maximum atomic E-state index is 14.9. The van der Waals surface area contributed by atoms with E-state index in [4.69, 9.17) is 9.31 Å². The lowest BCUT2D eigenvalue weighted by Crippen LogP contribution is -2.41. The molecule has 3 rings (SSSR count). The molecule has 1 aromatic carbocycles. The molecular formula is C20H29BFNO2. The zero-order valence-corrected chi connectivity index (χ0v) is 16.0. The van der Waals surface area contributed by atoms with Crippen molar-refractivity contribution in [3.8, 4) is 0 Å². The van der Waals surface area contributed by atoms with E-state index < -0.39 is 18.3 Å². The minimum atomic E-state index is -0.863. The Balaban J connectivity index is 1.65. The summed E-state index contributed by atoms with van der Waals surface area (Å²) in [7, 11) is -0.863. The number of benzene rings is 1. The molecule has 1 atom stereocenters. The van der Waals surface area contributed by atoms with Crippen molar-refractivity contribution in [2.45, 2.75) is 64.7 Å². The molecule has 2 saturated heterocycles. The van der Waals surface area contributed by atoms with Crippen LogP contribution >= 0.6 is 0 Å². The van der Waals surface area contributed by atoms with Crippen molar-refractivity contribution in [3.63, 3.8) is 0 Å². The molecule has 0 aliphatic carbocycles. The number of likely N-dealkylation sites (tertiary alicyclic amines) is 1. The van der Waals surface area contributed by atoms with E-state index in [1.807, 2.05) is 33.8 Å². The van der Waals surface area contributed by atoms with E-state index >= 15 is 0 Å². The van der Waals surface area contributed by atoms with Crippen LogP contribution in [0.5, 0.6) is 0 Å². The Labute approximate surface area is 151 Å². The van der Waals surface area contributed by atoms with Crippen molar-refractivity contribution in [2.75, 3.05) is 13.1 Å². The Morgan fingerprint density at radius 3 is 2.08 bits per heavy atom. The van der Waals surface area contributed by atoms with E-state index in [1.54, 1.807) is 0 Å². The van der Waals surface area contributed by atoms with Crippen LogP contribution in [0, 0.1) is 0 Å². The van der Waals surface area contributed by atoms with Crippen molar-refractivity contribution in [3.05, 3.63) is 47.2 Å². The Hall–Kier alpha value is -1.17. The first-order chi connectivity index (χ1) is 11.7. The Kier molecular flexibility index (Phi) is 5.11. The van der Waals surface area contributed by atoms with Crippen LogP contribution in [-0.4, -0.2) is 36.3 Å². The molecule has 25 heavy (non-hydrogen) atoms. The SMILES string of the molecule is CC(c1ccccc1)N1CCC(=C(F)B2OC(C)(C)C(C)(C)O2)CC1. The summed E-state index contributed by atoms with van der Waals surface area (Å²) < 4.78 is 26.7. The number of piperidine rings is 1. The Morgan fingerprint density at radius 2 is 1.56 bits per heavy atom. The maximum Gasteiger partial charge on any atom is 0.525 e. The molecule has 0 amide bonds. The average Bonchev–Trinajstić information content (AvgIpc) is 2.82. The summed E-state index contributed by atoms with van der Waals surface area (Å²) in [5, 5.41) is 0. The van der Waals surface area contributed by atoms with Gasteiger partial charge in [0.1, 0.15) is 5.73 Å². The molecule has 0 aromatic heterocycles. The zero-order valence-electron chi connectivity index (χ0n) is 16.0. The largest absolute Gasteiger partial charge is 0.525 e. The number of hydrogen-bond acceptors (Lipinski definition) is 3. The molecule has 2 fully saturated rings. The normalized spacial score (nSPS) is 24.4. The van der Waals surface area contributed by atoms with Crippen LogP contribution in [0.15, 0.2) is 41.6 Å². The van der Waals surface area contributed by atoms with Crippen LogP contribution in [-0.2, 0) is 9.31 Å². The van der Waals surface area contributed by atoms with Crippen molar-refractivity contribution in [1.29, 1.82) is 0 Å². The van der Waals surface area contributed by atoms with Crippen LogP contribution in [0.4, 0.5) is 4.39 Å². The smallest absolute Gasteiger partial charge is 0.398 e. The van der Waals surface area contributed by atoms with Crippen LogP contribution < -0.4 is 0 Å². The summed E-state index contributed by atoms with van der Waals surface area (Å²) in [5.74, 6) is 0. The number of nitrogens with zero attached hydrogens (tertiary/aromatic N) is 1. The van der Waals surface area contributed by atoms with Gasteiger partial charge in [-0.25, -0.2) is 4.39 Å². The quantitative estimate of drug-likeness (QED) is 0.742. The van der Waals surface area contributed by atoms with Crippen LogP contribution in [0.3, 0.4) is 0 Å². The van der Waals surface area contributed by atoms with Gasteiger partial charge in [0.15, 0.2) is 0 Å². The van der Waals surface area contributed by atoms with Gasteiger partial charge in [0.2, 0.25) is 0 Å². The minimum absolute atomic E-state index is 0.217. The topological polar surface area (TPSA) is 21.7 Å². The van der Waals surface area contributed by atoms with Gasteiger partial charge in [0.05, 0.1) is 11.2 Å². The predicted octanol–water partition coefficient (Wildman–Crippen LogP) is 4.70. The summed E-state index contributed by atoms with van der Waals surface area (Å²) in [6.07, 6.45) is 1.46. The predicted molar refractivity (Wildman–Crippen MR) is 99.9 cm³/mol. The highest BCUT2D eigenvalue weighted by Crippen LogP contribution is 2.40. The van der Waals surface area contributed by atoms with Crippen molar-refractivity contribution in [2.24, 2.45) is 0 Å². The van der Waals surface area contributed by atoms with E-state index in [2.05, 4.69) is 36.1 Å². The van der Waals surface area contributed by atoms with Crippen LogP contribution in [0.25, 0.3) is 0 Å². The standard InChI is InChI=1S/C20H29BFNO2/c1-15(16-9-7-6-8-10-16)23-13-11-17(12-14-23)18(22)21-24-19(2,3)20(4,5)25-21/h6-10,15H,11-14H2,1-5H3. The van der Waals surface area contributed by atoms with Crippen LogP contribution in [0.2, 0.25) is 0 Å². The summed E-state index contributed by atoms with van der Waals surface area (Å²) >= 11 is 0. The summed E-state index contributed by atoms with van der Waals surface area (Å²) in [6.45, 7) is 11.7. The van der Waals surface area contributed by atoms with E-state index in [-0.39, 0.29) is 5.73 Å². The highest BCUT2D eigenvalue weighted by Gasteiger charge is 2.53. The van der Waals surface area contributed by atoms with Gasteiger partial charge in [-0.1, -0.05) is 30.3 Å². The average molecular weight is 345 g/mol. The molecule has 136 valence electrons. The van der Waals surface area contributed by atoms with E-state index in [1.165, 1.54) is 5.56 Å². The first-order valence-corrected chi connectivity index (χ1v) is 9.23. The first-order valence-electron chi connectivity index (χ1n) is 9.23. The lowest BCUT2D eigenvalue weighted by atomic mass is 9.82. The summed E-state index contributed by atoms with van der Waals surface area (Å²) in [6, 6.07) is 10.8. The van der Waals surface area contributed by atoms with E-state index in [9.17, 15) is 4.39 Å². The van der Waals surface area contributed by atoms with Crippen molar-refractivity contribution < 1.29 is 13.7 Å². The fourth-order valence-corrected chi connectivity index (χ4v) is 3.48. The third kappa shape index (κ3) is 3.69. The maximum absolute atomic E-state index is 14.9. The molecule has 5 heteroatoms. The second-order valence-electron chi connectivity index (χ2n) is 8.16. The second kappa shape index (κ2) is 6.86. The second-order valence-corrected chi connectivity index (χ2v) is 8.16. The van der Waals surface area contributed by atoms with E-state index in [0.29, 0.717) is 6.04 Å². The molecule has 0 bridgehead atoms. The number of hydrogen-bond donors (Lipinski definition) is 0. The molecule has 1 aromatic rings. The van der Waals surface area contributed by atoms with Gasteiger partial charge in [0.25, 0.3) is 0 Å². The minimum Gasteiger partial charge on any atom is -0.398 e. The van der Waals surface area contributed by atoms with Crippen molar-refractivity contribution in [1.82, 2.24) is 4.90 Å². The molecular weight excluding hydrogens is 316 g/mol. The molecule has 2 aliphatic rings. The number of halogens is 1. The van der Waals surface area contributed by atoms with E-state index in [0.717, 1.165) is 31.5 Å². The van der Waals surface area contributed by atoms with Crippen molar-refractivity contribution >= 4 is 7.12 Å². The molecule has 0 saturated carbocycles. The Bertz CT molecular complexity index is 618. The van der Waals surface area contributed by atoms with Crippen LogP contribution in [0.1, 0.15) is 59.1 Å². The lowest BCUT2D eigenvalue weighted by molar-refractivity contribution is 0.00578. The molecule has 2 heterocycles. The molecule has 0 spiro atoms. The van der Waals surface area contributed by atoms with Gasteiger partial charge in [-0.15, -0.1) is 0 Å².